The molecule has 1 rings (SSSR count). The number of hydrogen-bond acceptors (Lipinski definition) is 2. The van der Waals surface area contributed by atoms with Gasteiger partial charge >= 0.3 is 0 Å². The van der Waals surface area contributed by atoms with Crippen molar-refractivity contribution in [3.8, 4) is 0 Å². The Morgan fingerprint density at radius 3 is 2.67 bits per heavy atom. The van der Waals surface area contributed by atoms with E-state index in [0.717, 1.165) is 16.3 Å². The molecule has 0 aliphatic carbocycles. The molecule has 0 aliphatic heterocycles. The van der Waals surface area contributed by atoms with E-state index in [1.807, 2.05) is 24.3 Å². The van der Waals surface area contributed by atoms with E-state index in [0.29, 0.717) is 5.75 Å². The molecule has 0 aliphatic rings. The third kappa shape index (κ3) is 4.14. The largest absolute Gasteiger partial charge is 0.348 e. The van der Waals surface area contributed by atoms with Crippen LogP contribution < -0.4 is 0 Å². The fraction of sp³-hybridized carbons (Fsp3) is 0.364. The summed E-state index contributed by atoms with van der Waals surface area (Å²) in [5.41, 5.74) is 1.08. The van der Waals surface area contributed by atoms with Gasteiger partial charge in [0.2, 0.25) is 5.91 Å². The molecular formula is C11H14ClNOS. The van der Waals surface area contributed by atoms with Crippen LogP contribution >= 0.6 is 23.4 Å². The number of hydrogen-bond donors (Lipinski definition) is 0. The summed E-state index contributed by atoms with van der Waals surface area (Å²) >= 11 is 7.57. The molecule has 0 heterocycles. The molecule has 1 amide bonds. The molecule has 0 unspecified atom stereocenters. The van der Waals surface area contributed by atoms with Crippen LogP contribution in [0.1, 0.15) is 5.56 Å². The van der Waals surface area contributed by atoms with Crippen molar-refractivity contribution in [2.24, 2.45) is 0 Å². The summed E-state index contributed by atoms with van der Waals surface area (Å²) in [5.74, 6) is 1.41. The fourth-order valence-electron chi connectivity index (χ4n) is 0.993. The minimum atomic E-state index is 0.132. The zero-order chi connectivity index (χ0) is 11.3. The summed E-state index contributed by atoms with van der Waals surface area (Å²) in [6, 6.07) is 7.71. The van der Waals surface area contributed by atoms with Crippen LogP contribution in [0.2, 0.25) is 5.02 Å². The van der Waals surface area contributed by atoms with Gasteiger partial charge in [-0.2, -0.15) is 0 Å². The number of thioether (sulfide) groups is 1. The summed E-state index contributed by atoms with van der Waals surface area (Å²) in [7, 11) is 3.52. The maximum absolute atomic E-state index is 11.3. The molecule has 0 fully saturated rings. The molecule has 0 N–H and O–H groups in total. The minimum Gasteiger partial charge on any atom is -0.348 e. The highest BCUT2D eigenvalue weighted by Crippen LogP contribution is 2.20. The fourth-order valence-corrected chi connectivity index (χ4v) is 2.28. The van der Waals surface area contributed by atoms with Crippen LogP contribution in [-0.2, 0) is 10.5 Å². The Bertz CT molecular complexity index is 341. The summed E-state index contributed by atoms with van der Waals surface area (Å²) < 4.78 is 0. The van der Waals surface area contributed by atoms with E-state index < -0.39 is 0 Å². The van der Waals surface area contributed by atoms with Gasteiger partial charge in [0.05, 0.1) is 5.75 Å². The van der Waals surface area contributed by atoms with Crippen molar-refractivity contribution < 1.29 is 4.79 Å². The van der Waals surface area contributed by atoms with Crippen molar-refractivity contribution in [1.29, 1.82) is 0 Å². The van der Waals surface area contributed by atoms with Crippen LogP contribution in [0.5, 0.6) is 0 Å². The summed E-state index contributed by atoms with van der Waals surface area (Å²) in [6.07, 6.45) is 0. The Labute approximate surface area is 99.6 Å². The summed E-state index contributed by atoms with van der Waals surface area (Å²) in [6.45, 7) is 0. The smallest absolute Gasteiger partial charge is 0.232 e. The van der Waals surface area contributed by atoms with Crippen LogP contribution in [0, 0.1) is 0 Å². The van der Waals surface area contributed by atoms with Crippen molar-refractivity contribution >= 4 is 29.3 Å². The van der Waals surface area contributed by atoms with Gasteiger partial charge < -0.3 is 4.90 Å². The van der Waals surface area contributed by atoms with Crippen LogP contribution in [0.15, 0.2) is 24.3 Å². The number of rotatable bonds is 4. The molecule has 0 spiro atoms. The Hall–Kier alpha value is -0.670. The van der Waals surface area contributed by atoms with Gasteiger partial charge in [-0.25, -0.2) is 0 Å². The van der Waals surface area contributed by atoms with E-state index in [1.54, 1.807) is 30.8 Å². The van der Waals surface area contributed by atoms with Gasteiger partial charge in [-0.3, -0.25) is 4.79 Å². The third-order valence-corrected chi connectivity index (χ3v) is 3.27. The Kier molecular flexibility index (Phi) is 4.99. The third-order valence-electron chi connectivity index (χ3n) is 1.94. The SMILES string of the molecule is CN(C)C(=O)CSCc1ccccc1Cl. The molecule has 82 valence electrons. The number of benzene rings is 1. The number of carbonyl (C=O) groups is 1. The zero-order valence-electron chi connectivity index (χ0n) is 8.87. The number of halogens is 1. The van der Waals surface area contributed by atoms with Gasteiger partial charge in [-0.05, 0) is 11.6 Å². The van der Waals surface area contributed by atoms with E-state index in [1.165, 1.54) is 0 Å². The normalized spacial score (nSPS) is 10.1. The molecule has 0 bridgehead atoms. The molecule has 15 heavy (non-hydrogen) atoms. The molecule has 1 aromatic rings. The van der Waals surface area contributed by atoms with E-state index in [9.17, 15) is 4.79 Å². The summed E-state index contributed by atoms with van der Waals surface area (Å²) in [4.78, 5) is 12.9. The van der Waals surface area contributed by atoms with Gasteiger partial charge in [0.1, 0.15) is 0 Å². The number of carbonyl (C=O) groups excluding carboxylic acids is 1. The van der Waals surface area contributed by atoms with Crippen LogP contribution in [-0.4, -0.2) is 30.7 Å². The average molecular weight is 244 g/mol. The van der Waals surface area contributed by atoms with Gasteiger partial charge in [0.15, 0.2) is 0 Å². The van der Waals surface area contributed by atoms with E-state index in [4.69, 9.17) is 11.6 Å². The second kappa shape index (κ2) is 6.03. The Morgan fingerprint density at radius 1 is 1.40 bits per heavy atom. The predicted octanol–water partition coefficient (Wildman–Crippen LogP) is 2.66. The second-order valence-corrected chi connectivity index (χ2v) is 4.77. The first-order valence-corrected chi connectivity index (χ1v) is 6.16. The van der Waals surface area contributed by atoms with Crippen LogP contribution in [0.4, 0.5) is 0 Å². The van der Waals surface area contributed by atoms with Crippen LogP contribution in [0.3, 0.4) is 0 Å². The van der Waals surface area contributed by atoms with E-state index in [2.05, 4.69) is 0 Å². The first kappa shape index (κ1) is 12.4. The van der Waals surface area contributed by atoms with Crippen molar-refractivity contribution in [3.05, 3.63) is 34.9 Å². The maximum Gasteiger partial charge on any atom is 0.232 e. The van der Waals surface area contributed by atoms with Gasteiger partial charge in [-0.15, -0.1) is 11.8 Å². The predicted molar refractivity (Wildman–Crippen MR) is 66.3 cm³/mol. The van der Waals surface area contributed by atoms with Crippen molar-refractivity contribution in [2.75, 3.05) is 19.8 Å². The molecule has 0 saturated heterocycles. The quantitative estimate of drug-likeness (QED) is 0.811. The molecule has 4 heteroatoms. The highest BCUT2D eigenvalue weighted by molar-refractivity contribution is 7.99. The Morgan fingerprint density at radius 2 is 2.07 bits per heavy atom. The molecule has 1 aromatic carbocycles. The molecule has 0 atom stereocenters. The second-order valence-electron chi connectivity index (χ2n) is 3.37. The minimum absolute atomic E-state index is 0.132. The standard InChI is InChI=1S/C11H14ClNOS/c1-13(2)11(14)8-15-7-9-5-3-4-6-10(9)12/h3-6H,7-8H2,1-2H3. The molecule has 0 radical (unpaired) electrons. The van der Waals surface area contributed by atoms with Crippen LogP contribution in [0.25, 0.3) is 0 Å². The average Bonchev–Trinajstić information content (AvgIpc) is 2.20. The highest BCUT2D eigenvalue weighted by atomic mass is 35.5. The lowest BCUT2D eigenvalue weighted by atomic mass is 10.2. The lowest BCUT2D eigenvalue weighted by Crippen LogP contribution is -2.23. The zero-order valence-corrected chi connectivity index (χ0v) is 10.4. The first-order valence-electron chi connectivity index (χ1n) is 4.62. The first-order chi connectivity index (χ1) is 7.11. The van der Waals surface area contributed by atoms with Gasteiger partial charge in [0, 0.05) is 24.9 Å². The van der Waals surface area contributed by atoms with Crippen molar-refractivity contribution in [2.45, 2.75) is 5.75 Å². The summed E-state index contributed by atoms with van der Waals surface area (Å²) in [5, 5.41) is 0.766. The lowest BCUT2D eigenvalue weighted by molar-refractivity contribution is -0.125. The highest BCUT2D eigenvalue weighted by Gasteiger charge is 2.05. The lowest BCUT2D eigenvalue weighted by Gasteiger charge is -2.09. The molecule has 0 aromatic heterocycles. The van der Waals surface area contributed by atoms with E-state index in [-0.39, 0.29) is 5.91 Å². The maximum atomic E-state index is 11.3. The number of nitrogens with zero attached hydrogens (tertiary/aromatic N) is 1. The van der Waals surface area contributed by atoms with Crippen molar-refractivity contribution in [1.82, 2.24) is 4.90 Å². The Balaban J connectivity index is 2.38. The van der Waals surface area contributed by atoms with Crippen molar-refractivity contribution in [3.63, 3.8) is 0 Å². The topological polar surface area (TPSA) is 20.3 Å². The molecule has 0 saturated carbocycles. The van der Waals surface area contributed by atoms with Gasteiger partial charge in [0.25, 0.3) is 0 Å². The van der Waals surface area contributed by atoms with E-state index >= 15 is 0 Å². The number of amides is 1. The van der Waals surface area contributed by atoms with Gasteiger partial charge in [-0.1, -0.05) is 29.8 Å². The monoisotopic (exact) mass is 243 g/mol. The molecular weight excluding hydrogens is 230 g/mol. The molecule has 2 nitrogen and oxygen atoms in total.